The van der Waals surface area contributed by atoms with Gasteiger partial charge in [0.25, 0.3) is 5.78 Å². The number of halogens is 3. The minimum absolute atomic E-state index is 0.00621. The zero-order valence-electron chi connectivity index (χ0n) is 17.8. The van der Waals surface area contributed by atoms with Crippen molar-refractivity contribution in [2.45, 2.75) is 25.1 Å². The molecular formula is C24H19F3N4O3. The summed E-state index contributed by atoms with van der Waals surface area (Å²) in [6.45, 7) is 1.25. The molecule has 0 radical (unpaired) electrons. The molecule has 34 heavy (non-hydrogen) atoms. The number of nitrogens with zero attached hydrogens (tertiary/aromatic N) is 3. The molecule has 0 amide bonds. The fourth-order valence-corrected chi connectivity index (χ4v) is 3.42. The Hall–Kier alpha value is -3.97. The lowest BCUT2D eigenvalue weighted by Gasteiger charge is -2.23. The Morgan fingerprint density at radius 3 is 2.53 bits per heavy atom. The molecule has 0 bridgehead atoms. The Balaban J connectivity index is 1.50. The number of nitrogens with one attached hydrogen (secondary N) is 1. The molecule has 2 heterocycles. The van der Waals surface area contributed by atoms with E-state index < -0.39 is 17.5 Å². The van der Waals surface area contributed by atoms with Crippen molar-refractivity contribution in [2.24, 2.45) is 0 Å². The first-order valence-electron chi connectivity index (χ1n) is 10.4. The van der Waals surface area contributed by atoms with Crippen LogP contribution in [0.2, 0.25) is 0 Å². The van der Waals surface area contributed by atoms with Crippen LogP contribution in [0.4, 0.5) is 24.7 Å². The van der Waals surface area contributed by atoms with Gasteiger partial charge in [0.05, 0.1) is 18.8 Å². The molecule has 1 fully saturated rings. The van der Waals surface area contributed by atoms with Gasteiger partial charge in [-0.05, 0) is 48.5 Å². The standard InChI is InChI=1S/C24H19F3N4O3/c25-24(26,27)22(32)15-1-4-18(5-2-15)30-21-7-10-29-23(31-21)16-3-6-20(17(13-16)14-28)34-19-8-11-33-12-9-19/h1-7,10,13,19H,8-9,11-12H2,(H,29,30,31). The van der Waals surface area contributed by atoms with Crippen molar-refractivity contribution in [3.8, 4) is 23.2 Å². The van der Waals surface area contributed by atoms with E-state index in [2.05, 4.69) is 21.4 Å². The molecular weight excluding hydrogens is 449 g/mol. The predicted octanol–water partition coefficient (Wildman–Crippen LogP) is 5.06. The largest absolute Gasteiger partial charge is 0.489 e. The van der Waals surface area contributed by atoms with Gasteiger partial charge >= 0.3 is 6.18 Å². The average Bonchev–Trinajstić information content (AvgIpc) is 2.84. The lowest BCUT2D eigenvalue weighted by Crippen LogP contribution is -2.26. The van der Waals surface area contributed by atoms with Crippen molar-refractivity contribution in [1.29, 1.82) is 5.26 Å². The van der Waals surface area contributed by atoms with E-state index in [1.165, 1.54) is 18.3 Å². The van der Waals surface area contributed by atoms with E-state index in [1.54, 1.807) is 24.3 Å². The molecule has 0 unspecified atom stereocenters. The molecule has 0 aliphatic carbocycles. The van der Waals surface area contributed by atoms with Crippen LogP contribution in [0, 0.1) is 11.3 Å². The van der Waals surface area contributed by atoms with Crippen molar-refractivity contribution in [3.05, 3.63) is 65.9 Å². The number of carbonyl (C=O) groups excluding carboxylic acids is 1. The lowest BCUT2D eigenvalue weighted by atomic mass is 10.1. The van der Waals surface area contributed by atoms with Crippen LogP contribution in [-0.4, -0.2) is 41.2 Å². The molecule has 7 nitrogen and oxygen atoms in total. The van der Waals surface area contributed by atoms with E-state index in [4.69, 9.17) is 9.47 Å². The van der Waals surface area contributed by atoms with Gasteiger partial charge in [-0.3, -0.25) is 4.79 Å². The summed E-state index contributed by atoms with van der Waals surface area (Å²) < 4.78 is 49.0. The van der Waals surface area contributed by atoms with Crippen molar-refractivity contribution >= 4 is 17.3 Å². The SMILES string of the molecule is N#Cc1cc(-c2nccc(Nc3ccc(C(=O)C(F)(F)F)cc3)n2)ccc1OC1CCOCC1. The monoisotopic (exact) mass is 468 g/mol. The maximum Gasteiger partial charge on any atom is 0.454 e. The maximum atomic E-state index is 12.6. The summed E-state index contributed by atoms with van der Waals surface area (Å²) in [4.78, 5) is 20.0. The van der Waals surface area contributed by atoms with E-state index in [0.717, 1.165) is 25.0 Å². The van der Waals surface area contributed by atoms with Crippen LogP contribution in [0.15, 0.2) is 54.7 Å². The quantitative estimate of drug-likeness (QED) is 0.505. The van der Waals surface area contributed by atoms with Crippen LogP contribution in [0.25, 0.3) is 11.4 Å². The second-order valence-corrected chi connectivity index (χ2v) is 7.55. The Labute approximate surface area is 193 Å². The smallest absolute Gasteiger partial charge is 0.454 e. The van der Waals surface area contributed by atoms with Crippen LogP contribution in [0.3, 0.4) is 0 Å². The number of hydrogen-bond acceptors (Lipinski definition) is 7. The minimum Gasteiger partial charge on any atom is -0.489 e. The fourth-order valence-electron chi connectivity index (χ4n) is 3.42. The van der Waals surface area contributed by atoms with Crippen molar-refractivity contribution in [3.63, 3.8) is 0 Å². The Morgan fingerprint density at radius 1 is 1.12 bits per heavy atom. The first kappa shape index (κ1) is 23.2. The van der Waals surface area contributed by atoms with Gasteiger partial charge in [0.15, 0.2) is 5.82 Å². The zero-order chi connectivity index (χ0) is 24.1. The Kier molecular flexibility index (Phi) is 6.75. The number of alkyl halides is 3. The molecule has 1 aromatic heterocycles. The van der Waals surface area contributed by atoms with Crippen molar-refractivity contribution in [2.75, 3.05) is 18.5 Å². The third kappa shape index (κ3) is 5.50. The van der Waals surface area contributed by atoms with Gasteiger partial charge < -0.3 is 14.8 Å². The number of Topliss-reactive ketones (excluding diaryl/α,β-unsaturated/α-hetero) is 1. The predicted molar refractivity (Wildman–Crippen MR) is 117 cm³/mol. The minimum atomic E-state index is -4.93. The van der Waals surface area contributed by atoms with Gasteiger partial charge in [0.1, 0.15) is 23.7 Å². The lowest BCUT2D eigenvalue weighted by molar-refractivity contribution is -0.0885. The number of nitriles is 1. The number of hydrogen-bond donors (Lipinski definition) is 1. The highest BCUT2D eigenvalue weighted by atomic mass is 19.4. The molecule has 0 atom stereocenters. The molecule has 10 heteroatoms. The van der Waals surface area contributed by atoms with Gasteiger partial charge in [0, 0.05) is 35.9 Å². The van der Waals surface area contributed by atoms with E-state index in [1.807, 2.05) is 0 Å². The first-order chi connectivity index (χ1) is 16.3. The van der Waals surface area contributed by atoms with Gasteiger partial charge in [-0.15, -0.1) is 0 Å². The molecule has 0 spiro atoms. The maximum absolute atomic E-state index is 12.6. The number of benzene rings is 2. The molecule has 1 aliphatic heterocycles. The second-order valence-electron chi connectivity index (χ2n) is 7.55. The van der Waals surface area contributed by atoms with Crippen LogP contribution >= 0.6 is 0 Å². The molecule has 2 aromatic carbocycles. The Bertz CT molecular complexity index is 1220. The van der Waals surface area contributed by atoms with Crippen molar-refractivity contribution in [1.82, 2.24) is 9.97 Å². The number of aromatic nitrogens is 2. The number of ether oxygens (including phenoxy) is 2. The molecule has 1 N–H and O–H groups in total. The fraction of sp³-hybridized carbons (Fsp3) is 0.250. The first-order valence-corrected chi connectivity index (χ1v) is 10.4. The highest BCUT2D eigenvalue weighted by Crippen LogP contribution is 2.28. The van der Waals surface area contributed by atoms with E-state index in [9.17, 15) is 23.2 Å². The van der Waals surface area contributed by atoms with Crippen LogP contribution in [-0.2, 0) is 4.74 Å². The molecule has 3 aromatic rings. The number of anilines is 2. The topological polar surface area (TPSA) is 97.1 Å². The summed E-state index contributed by atoms with van der Waals surface area (Å²) in [7, 11) is 0. The van der Waals surface area contributed by atoms with Gasteiger partial charge in [-0.25, -0.2) is 9.97 Å². The highest BCUT2D eigenvalue weighted by molar-refractivity contribution is 6.00. The molecule has 1 saturated heterocycles. The number of carbonyl (C=O) groups is 1. The number of rotatable bonds is 6. The average molecular weight is 468 g/mol. The number of ketones is 1. The van der Waals surface area contributed by atoms with Gasteiger partial charge in [0.2, 0.25) is 0 Å². The third-order valence-corrected chi connectivity index (χ3v) is 5.15. The summed E-state index contributed by atoms with van der Waals surface area (Å²) in [6.07, 6.45) is -1.90. The normalized spacial score (nSPS) is 14.3. The van der Waals surface area contributed by atoms with E-state index in [0.29, 0.717) is 47.4 Å². The Morgan fingerprint density at radius 2 is 1.85 bits per heavy atom. The molecule has 1 aliphatic rings. The van der Waals surface area contributed by atoms with Crippen LogP contribution < -0.4 is 10.1 Å². The third-order valence-electron chi connectivity index (χ3n) is 5.15. The molecule has 0 saturated carbocycles. The highest BCUT2D eigenvalue weighted by Gasteiger charge is 2.39. The van der Waals surface area contributed by atoms with Gasteiger partial charge in [-0.1, -0.05) is 0 Å². The summed E-state index contributed by atoms with van der Waals surface area (Å²) in [5.74, 6) is -0.675. The summed E-state index contributed by atoms with van der Waals surface area (Å²) >= 11 is 0. The summed E-state index contributed by atoms with van der Waals surface area (Å²) in [5, 5.41) is 12.5. The second kappa shape index (κ2) is 9.89. The van der Waals surface area contributed by atoms with E-state index >= 15 is 0 Å². The zero-order valence-corrected chi connectivity index (χ0v) is 17.8. The molecule has 4 rings (SSSR count). The van der Waals surface area contributed by atoms with E-state index in [-0.39, 0.29) is 6.10 Å². The van der Waals surface area contributed by atoms with Gasteiger partial charge in [-0.2, -0.15) is 18.4 Å². The summed E-state index contributed by atoms with van der Waals surface area (Å²) in [5.41, 5.74) is 0.955. The molecule has 174 valence electrons. The van der Waals surface area contributed by atoms with Crippen LogP contribution in [0.5, 0.6) is 5.75 Å². The van der Waals surface area contributed by atoms with Crippen LogP contribution in [0.1, 0.15) is 28.8 Å². The van der Waals surface area contributed by atoms with Crippen molar-refractivity contribution < 1.29 is 27.4 Å². The summed E-state index contributed by atoms with van der Waals surface area (Å²) in [6, 6.07) is 13.7.